The number of aromatic amines is 1. The van der Waals surface area contributed by atoms with Gasteiger partial charge in [0.25, 0.3) is 0 Å². The smallest absolute Gasteiger partial charge is 0.216 e. The molecule has 0 amide bonds. The quantitative estimate of drug-likeness (QED) is 0.634. The molecule has 0 aliphatic heterocycles. The van der Waals surface area contributed by atoms with Crippen molar-refractivity contribution in [2.75, 3.05) is 0 Å². The van der Waals surface area contributed by atoms with Crippen LogP contribution in [0, 0.1) is 4.77 Å². The average Bonchev–Trinajstić information content (AvgIpc) is 2.80. The lowest BCUT2D eigenvalue weighted by Gasteiger charge is -2.11. The lowest BCUT2D eigenvalue weighted by Crippen LogP contribution is -2.06. The van der Waals surface area contributed by atoms with Crippen LogP contribution >= 0.6 is 23.8 Å². The van der Waals surface area contributed by atoms with Crippen LogP contribution in [0.4, 0.5) is 0 Å². The van der Waals surface area contributed by atoms with Crippen LogP contribution in [0.5, 0.6) is 5.75 Å². The molecule has 2 rings (SSSR count). The maximum Gasteiger partial charge on any atom is 0.216 e. The number of benzene rings is 1. The van der Waals surface area contributed by atoms with Gasteiger partial charge in [0.05, 0.1) is 17.3 Å². The molecule has 22 heavy (non-hydrogen) atoms. The molecule has 0 bridgehead atoms. The molecule has 1 N–H and O–H groups in total. The van der Waals surface area contributed by atoms with E-state index in [1.165, 1.54) is 0 Å². The van der Waals surface area contributed by atoms with Crippen LogP contribution in [0.25, 0.3) is 0 Å². The Morgan fingerprint density at radius 3 is 2.91 bits per heavy atom. The van der Waals surface area contributed by atoms with Crippen molar-refractivity contribution in [1.29, 1.82) is 0 Å². The van der Waals surface area contributed by atoms with Crippen molar-refractivity contribution in [2.45, 2.75) is 39.7 Å². The van der Waals surface area contributed by atoms with Crippen molar-refractivity contribution in [3.8, 4) is 5.75 Å². The number of halogens is 1. The predicted molar refractivity (Wildman–Crippen MR) is 91.6 cm³/mol. The molecule has 0 radical (unpaired) electrons. The van der Waals surface area contributed by atoms with Gasteiger partial charge in [-0.1, -0.05) is 18.5 Å². The summed E-state index contributed by atoms with van der Waals surface area (Å²) in [7, 11) is 0. The molecule has 2 aromatic rings. The van der Waals surface area contributed by atoms with Gasteiger partial charge in [-0.3, -0.25) is 5.10 Å². The first-order valence-electron chi connectivity index (χ1n) is 7.18. The monoisotopic (exact) mass is 338 g/mol. The number of ether oxygens (including phenoxy) is 1. The minimum Gasteiger partial charge on any atom is -0.489 e. The van der Waals surface area contributed by atoms with Crippen molar-refractivity contribution in [2.24, 2.45) is 5.10 Å². The Labute approximate surface area is 140 Å². The molecule has 118 valence electrons. The first kappa shape index (κ1) is 16.7. The van der Waals surface area contributed by atoms with Crippen LogP contribution in [0.2, 0.25) is 5.02 Å². The summed E-state index contributed by atoms with van der Waals surface area (Å²) in [6.45, 7) is 6.00. The van der Waals surface area contributed by atoms with Gasteiger partial charge in [-0.05, 0) is 56.2 Å². The summed E-state index contributed by atoms with van der Waals surface area (Å²) in [5.74, 6) is 1.48. The van der Waals surface area contributed by atoms with Crippen LogP contribution in [-0.4, -0.2) is 27.2 Å². The van der Waals surface area contributed by atoms with Crippen LogP contribution in [0.15, 0.2) is 23.3 Å². The molecule has 0 fully saturated rings. The molecular formula is C15H19ClN4OS. The molecule has 0 aliphatic carbocycles. The molecule has 7 heteroatoms. The number of nitrogens with zero attached hydrogens (tertiary/aromatic N) is 3. The molecule has 1 aromatic heterocycles. The van der Waals surface area contributed by atoms with Crippen LogP contribution in [0.1, 0.15) is 38.6 Å². The van der Waals surface area contributed by atoms with Crippen LogP contribution in [0.3, 0.4) is 0 Å². The fourth-order valence-corrected chi connectivity index (χ4v) is 2.33. The number of nitrogens with one attached hydrogen (secondary N) is 1. The average molecular weight is 339 g/mol. The Hall–Kier alpha value is -1.66. The normalized spacial score (nSPS) is 11.5. The van der Waals surface area contributed by atoms with Crippen molar-refractivity contribution in [3.05, 3.63) is 39.4 Å². The SMILES string of the molecule is CCCc1n[nH]c(=S)n1/N=C\c1ccc(OC(C)C)c(Cl)c1. The third-order valence-electron chi connectivity index (χ3n) is 2.83. The highest BCUT2D eigenvalue weighted by molar-refractivity contribution is 7.71. The maximum atomic E-state index is 6.21. The Morgan fingerprint density at radius 2 is 2.27 bits per heavy atom. The number of aryl methyl sites for hydroxylation is 1. The third-order valence-corrected chi connectivity index (χ3v) is 3.39. The summed E-state index contributed by atoms with van der Waals surface area (Å²) in [5, 5.41) is 11.9. The zero-order valence-corrected chi connectivity index (χ0v) is 14.4. The summed E-state index contributed by atoms with van der Waals surface area (Å²) in [6.07, 6.45) is 3.57. The lowest BCUT2D eigenvalue weighted by atomic mass is 10.2. The Balaban J connectivity index is 2.22. The molecule has 1 heterocycles. The minimum atomic E-state index is 0.0814. The molecule has 0 atom stereocenters. The van der Waals surface area contributed by atoms with Crippen molar-refractivity contribution < 1.29 is 4.74 Å². The van der Waals surface area contributed by atoms with Gasteiger partial charge in [-0.25, -0.2) is 0 Å². The second kappa shape index (κ2) is 7.56. The fourth-order valence-electron chi connectivity index (χ4n) is 1.90. The topological polar surface area (TPSA) is 55.2 Å². The van der Waals surface area contributed by atoms with E-state index in [2.05, 4.69) is 22.2 Å². The van der Waals surface area contributed by atoms with Crippen molar-refractivity contribution >= 4 is 30.0 Å². The first-order valence-corrected chi connectivity index (χ1v) is 7.96. The summed E-state index contributed by atoms with van der Waals surface area (Å²) in [6, 6.07) is 5.55. The largest absolute Gasteiger partial charge is 0.489 e. The molecular weight excluding hydrogens is 320 g/mol. The van der Waals surface area contributed by atoms with Gasteiger partial charge < -0.3 is 4.74 Å². The van der Waals surface area contributed by atoms with Gasteiger partial charge >= 0.3 is 0 Å². The molecule has 5 nitrogen and oxygen atoms in total. The van der Waals surface area contributed by atoms with Gasteiger partial charge in [-0.2, -0.15) is 14.9 Å². The maximum absolute atomic E-state index is 6.21. The summed E-state index contributed by atoms with van der Waals surface area (Å²) < 4.78 is 7.71. The van der Waals surface area contributed by atoms with Crippen LogP contribution < -0.4 is 4.74 Å². The van der Waals surface area contributed by atoms with Crippen molar-refractivity contribution in [1.82, 2.24) is 14.9 Å². The Bertz CT molecular complexity index is 721. The Kier molecular flexibility index (Phi) is 5.74. The summed E-state index contributed by atoms with van der Waals surface area (Å²) >= 11 is 11.4. The summed E-state index contributed by atoms with van der Waals surface area (Å²) in [5.41, 5.74) is 0.867. The predicted octanol–water partition coefficient (Wildman–Crippen LogP) is 4.22. The number of rotatable bonds is 6. The lowest BCUT2D eigenvalue weighted by molar-refractivity contribution is 0.242. The van der Waals surface area contributed by atoms with E-state index in [0.29, 0.717) is 15.5 Å². The highest BCUT2D eigenvalue weighted by atomic mass is 35.5. The van der Waals surface area contributed by atoms with E-state index in [4.69, 9.17) is 28.6 Å². The highest BCUT2D eigenvalue weighted by Gasteiger charge is 2.05. The number of hydrogen-bond donors (Lipinski definition) is 1. The molecule has 1 aromatic carbocycles. The minimum absolute atomic E-state index is 0.0814. The number of hydrogen-bond acceptors (Lipinski definition) is 4. The van der Waals surface area contributed by atoms with Gasteiger partial charge in [-0.15, -0.1) is 0 Å². The zero-order valence-electron chi connectivity index (χ0n) is 12.8. The standard InChI is InChI=1S/C15H19ClN4OS/c1-4-5-14-18-19-15(22)20(14)17-9-11-6-7-13(12(16)8-11)21-10(2)3/h6-10H,4-5H2,1-3H3,(H,19,22)/b17-9-. The van der Waals surface area contributed by atoms with E-state index in [1.807, 2.05) is 32.0 Å². The first-order chi connectivity index (χ1) is 10.5. The Morgan fingerprint density at radius 1 is 1.50 bits per heavy atom. The van der Waals surface area contributed by atoms with Gasteiger partial charge in [0.1, 0.15) is 5.75 Å². The van der Waals surface area contributed by atoms with E-state index in [0.717, 1.165) is 24.2 Å². The van der Waals surface area contributed by atoms with Crippen LogP contribution in [-0.2, 0) is 6.42 Å². The van der Waals surface area contributed by atoms with E-state index >= 15 is 0 Å². The highest BCUT2D eigenvalue weighted by Crippen LogP contribution is 2.25. The van der Waals surface area contributed by atoms with E-state index in [-0.39, 0.29) is 6.10 Å². The molecule has 0 saturated carbocycles. The molecule has 0 spiro atoms. The third kappa shape index (κ3) is 4.18. The molecule has 0 aliphatic rings. The van der Waals surface area contributed by atoms with E-state index < -0.39 is 0 Å². The molecule has 0 unspecified atom stereocenters. The second-order valence-corrected chi connectivity index (χ2v) is 5.90. The number of aromatic nitrogens is 3. The van der Waals surface area contributed by atoms with Gasteiger partial charge in [0.2, 0.25) is 4.77 Å². The van der Waals surface area contributed by atoms with Gasteiger partial charge in [0.15, 0.2) is 5.82 Å². The molecule has 0 saturated heterocycles. The second-order valence-electron chi connectivity index (χ2n) is 5.11. The van der Waals surface area contributed by atoms with Gasteiger partial charge in [0, 0.05) is 6.42 Å². The van der Waals surface area contributed by atoms with E-state index in [9.17, 15) is 0 Å². The van der Waals surface area contributed by atoms with E-state index in [1.54, 1.807) is 10.9 Å². The van der Waals surface area contributed by atoms with Crippen molar-refractivity contribution in [3.63, 3.8) is 0 Å². The zero-order chi connectivity index (χ0) is 16.1. The fraction of sp³-hybridized carbons (Fsp3) is 0.400. The number of H-pyrrole nitrogens is 1. The summed E-state index contributed by atoms with van der Waals surface area (Å²) in [4.78, 5) is 0.